The maximum Gasteiger partial charge on any atom is 0.251 e. The first-order valence-corrected chi connectivity index (χ1v) is 6.29. The van der Waals surface area contributed by atoms with Crippen LogP contribution in [0.25, 0.3) is 0 Å². The lowest BCUT2D eigenvalue weighted by Crippen LogP contribution is -2.40. The van der Waals surface area contributed by atoms with Crippen molar-refractivity contribution in [3.8, 4) is 0 Å². The number of benzene rings is 1. The molecule has 1 fully saturated rings. The van der Waals surface area contributed by atoms with Gasteiger partial charge < -0.3 is 11.1 Å². The first-order valence-electron chi connectivity index (χ1n) is 6.29. The number of carbonyl (C=O) groups is 1. The van der Waals surface area contributed by atoms with Gasteiger partial charge in [-0.15, -0.1) is 0 Å². The smallest absolute Gasteiger partial charge is 0.251 e. The lowest BCUT2D eigenvalue weighted by atomic mass is 9.91. The van der Waals surface area contributed by atoms with Gasteiger partial charge in [0, 0.05) is 17.6 Å². The number of nitrogens with one attached hydrogen (secondary N) is 1. The summed E-state index contributed by atoms with van der Waals surface area (Å²) >= 11 is 0. The molecule has 92 valence electrons. The van der Waals surface area contributed by atoms with Gasteiger partial charge in [0.25, 0.3) is 5.91 Å². The molecule has 17 heavy (non-hydrogen) atoms. The van der Waals surface area contributed by atoms with Gasteiger partial charge in [-0.25, -0.2) is 0 Å². The van der Waals surface area contributed by atoms with E-state index in [4.69, 9.17) is 5.73 Å². The highest BCUT2D eigenvalue weighted by atomic mass is 16.1. The van der Waals surface area contributed by atoms with Gasteiger partial charge in [0.15, 0.2) is 0 Å². The van der Waals surface area contributed by atoms with Crippen LogP contribution in [0.1, 0.15) is 41.6 Å². The fourth-order valence-electron chi connectivity index (χ4n) is 2.35. The zero-order chi connectivity index (χ0) is 12.3. The standard InChI is InChI=1S/C14H20N2O/c1-10-4-2-3-5-13(10)14(17)16-12-8-6-11(15)7-9-12/h2-5,11-12H,6-9,15H2,1H3,(H,16,17)/t11-,12+. The maximum atomic E-state index is 12.1. The van der Waals surface area contributed by atoms with Gasteiger partial charge in [-0.05, 0) is 44.2 Å². The molecule has 0 bridgehead atoms. The number of rotatable bonds is 2. The maximum absolute atomic E-state index is 12.1. The minimum atomic E-state index is 0.0450. The van der Waals surface area contributed by atoms with Crippen LogP contribution in [0.15, 0.2) is 24.3 Å². The summed E-state index contributed by atoms with van der Waals surface area (Å²) in [5.74, 6) is 0.0450. The number of amides is 1. The molecule has 0 aromatic heterocycles. The molecule has 2 rings (SSSR count). The van der Waals surface area contributed by atoms with Crippen molar-refractivity contribution in [1.82, 2.24) is 5.32 Å². The van der Waals surface area contributed by atoms with Gasteiger partial charge in [-0.3, -0.25) is 4.79 Å². The molecule has 1 aromatic carbocycles. The Labute approximate surface area is 102 Å². The number of carbonyl (C=O) groups excluding carboxylic acids is 1. The molecule has 3 N–H and O–H groups in total. The quantitative estimate of drug-likeness (QED) is 0.819. The fraction of sp³-hybridized carbons (Fsp3) is 0.500. The van der Waals surface area contributed by atoms with Crippen molar-refractivity contribution in [1.29, 1.82) is 0 Å². The van der Waals surface area contributed by atoms with Crippen LogP contribution >= 0.6 is 0 Å². The van der Waals surface area contributed by atoms with Gasteiger partial charge in [-0.1, -0.05) is 18.2 Å². The number of hydrogen-bond acceptors (Lipinski definition) is 2. The fourth-order valence-corrected chi connectivity index (χ4v) is 2.35. The molecular weight excluding hydrogens is 212 g/mol. The van der Waals surface area contributed by atoms with E-state index in [1.54, 1.807) is 0 Å². The molecule has 0 unspecified atom stereocenters. The van der Waals surface area contributed by atoms with E-state index in [0.29, 0.717) is 12.1 Å². The molecule has 1 amide bonds. The summed E-state index contributed by atoms with van der Waals surface area (Å²) in [6.45, 7) is 1.96. The molecule has 0 heterocycles. The summed E-state index contributed by atoms with van der Waals surface area (Å²) in [7, 11) is 0. The van der Waals surface area contributed by atoms with Gasteiger partial charge >= 0.3 is 0 Å². The van der Waals surface area contributed by atoms with Crippen LogP contribution < -0.4 is 11.1 Å². The monoisotopic (exact) mass is 232 g/mol. The molecule has 3 heteroatoms. The lowest BCUT2D eigenvalue weighted by molar-refractivity contribution is 0.0925. The van der Waals surface area contributed by atoms with Crippen LogP contribution in [0, 0.1) is 6.92 Å². The third-order valence-corrected chi connectivity index (χ3v) is 3.50. The molecule has 0 radical (unpaired) electrons. The van der Waals surface area contributed by atoms with E-state index in [9.17, 15) is 4.79 Å². The Hall–Kier alpha value is -1.35. The SMILES string of the molecule is Cc1ccccc1C(=O)N[C@H]1CC[C@@H](N)CC1. The van der Waals surface area contributed by atoms with Gasteiger partial charge in [-0.2, -0.15) is 0 Å². The number of nitrogens with two attached hydrogens (primary N) is 1. The van der Waals surface area contributed by atoms with Crippen molar-refractivity contribution in [2.45, 2.75) is 44.7 Å². The molecule has 3 nitrogen and oxygen atoms in total. The van der Waals surface area contributed by atoms with E-state index >= 15 is 0 Å². The summed E-state index contributed by atoms with van der Waals surface area (Å²) in [5, 5.41) is 3.10. The molecule has 0 spiro atoms. The topological polar surface area (TPSA) is 55.1 Å². The van der Waals surface area contributed by atoms with Crippen LogP contribution in [-0.2, 0) is 0 Å². The summed E-state index contributed by atoms with van der Waals surface area (Å²) in [4.78, 5) is 12.1. The van der Waals surface area contributed by atoms with Gasteiger partial charge in [0.05, 0.1) is 0 Å². The highest BCUT2D eigenvalue weighted by Gasteiger charge is 2.20. The van der Waals surface area contributed by atoms with Crippen molar-refractivity contribution in [3.05, 3.63) is 35.4 Å². The van der Waals surface area contributed by atoms with Gasteiger partial charge in [0.2, 0.25) is 0 Å². The van der Waals surface area contributed by atoms with Crippen molar-refractivity contribution >= 4 is 5.91 Å². The molecule has 1 saturated carbocycles. The van der Waals surface area contributed by atoms with Crippen LogP contribution in [0.3, 0.4) is 0 Å². The predicted octanol–water partition coefficient (Wildman–Crippen LogP) is 1.99. The van der Waals surface area contributed by atoms with E-state index < -0.39 is 0 Å². The third kappa shape index (κ3) is 3.07. The van der Waals surface area contributed by atoms with Crippen molar-refractivity contribution in [2.24, 2.45) is 5.73 Å². The molecule has 1 aromatic rings. The van der Waals surface area contributed by atoms with Crippen molar-refractivity contribution < 1.29 is 4.79 Å². The Morgan fingerprint density at radius 3 is 2.53 bits per heavy atom. The normalized spacial score (nSPS) is 24.4. The van der Waals surface area contributed by atoms with E-state index in [-0.39, 0.29) is 5.91 Å². The second-order valence-corrected chi connectivity index (χ2v) is 4.90. The van der Waals surface area contributed by atoms with E-state index in [2.05, 4.69) is 5.32 Å². The first-order chi connectivity index (χ1) is 8.16. The highest BCUT2D eigenvalue weighted by molar-refractivity contribution is 5.95. The molecule has 1 aliphatic rings. The molecular formula is C14H20N2O. The lowest BCUT2D eigenvalue weighted by Gasteiger charge is -2.27. The minimum absolute atomic E-state index is 0.0450. The van der Waals surface area contributed by atoms with E-state index in [1.807, 2.05) is 31.2 Å². The number of hydrogen-bond donors (Lipinski definition) is 2. The largest absolute Gasteiger partial charge is 0.349 e. The summed E-state index contributed by atoms with van der Waals surface area (Å²) < 4.78 is 0. The third-order valence-electron chi connectivity index (χ3n) is 3.50. The molecule has 0 atom stereocenters. The van der Waals surface area contributed by atoms with Crippen molar-refractivity contribution in [3.63, 3.8) is 0 Å². The van der Waals surface area contributed by atoms with E-state index in [0.717, 1.165) is 36.8 Å². The predicted molar refractivity (Wildman–Crippen MR) is 68.9 cm³/mol. The first kappa shape index (κ1) is 12.1. The van der Waals surface area contributed by atoms with Crippen molar-refractivity contribution in [2.75, 3.05) is 0 Å². The zero-order valence-electron chi connectivity index (χ0n) is 10.3. The van der Waals surface area contributed by atoms with Crippen LogP contribution in [0.5, 0.6) is 0 Å². The van der Waals surface area contributed by atoms with Gasteiger partial charge in [0.1, 0.15) is 0 Å². The highest BCUT2D eigenvalue weighted by Crippen LogP contribution is 2.17. The van der Waals surface area contributed by atoms with E-state index in [1.165, 1.54) is 0 Å². The summed E-state index contributed by atoms with van der Waals surface area (Å²) in [6, 6.07) is 8.30. The average Bonchev–Trinajstić information content (AvgIpc) is 2.32. The summed E-state index contributed by atoms with van der Waals surface area (Å²) in [6.07, 6.45) is 4.02. The Morgan fingerprint density at radius 1 is 1.24 bits per heavy atom. The van der Waals surface area contributed by atoms with Crippen LogP contribution in [0.2, 0.25) is 0 Å². The Kier molecular flexibility index (Phi) is 3.79. The Balaban J connectivity index is 1.96. The molecule has 1 aliphatic carbocycles. The average molecular weight is 232 g/mol. The molecule has 0 saturated heterocycles. The zero-order valence-corrected chi connectivity index (χ0v) is 10.3. The second kappa shape index (κ2) is 5.32. The Morgan fingerprint density at radius 2 is 1.88 bits per heavy atom. The van der Waals surface area contributed by atoms with Crippen LogP contribution in [0.4, 0.5) is 0 Å². The summed E-state index contributed by atoms with van der Waals surface area (Å²) in [5.41, 5.74) is 7.66. The second-order valence-electron chi connectivity index (χ2n) is 4.90. The minimum Gasteiger partial charge on any atom is -0.349 e. The molecule has 0 aliphatic heterocycles. The Bertz CT molecular complexity index is 395. The number of aryl methyl sites for hydroxylation is 1. The van der Waals surface area contributed by atoms with Crippen LogP contribution in [-0.4, -0.2) is 18.0 Å².